The third-order valence-corrected chi connectivity index (χ3v) is 6.83. The molecule has 1 amide bonds. The first kappa shape index (κ1) is 19.9. The Morgan fingerprint density at radius 2 is 1.90 bits per heavy atom. The Kier molecular flexibility index (Phi) is 5.61. The van der Waals surface area contributed by atoms with E-state index in [0.717, 1.165) is 37.8 Å². The molecular formula is C22H22BrN3O2S. The van der Waals surface area contributed by atoms with E-state index in [1.54, 1.807) is 18.9 Å². The predicted octanol–water partition coefficient (Wildman–Crippen LogP) is 5.27. The molecule has 2 heterocycles. The first-order valence-corrected chi connectivity index (χ1v) is 11.0. The number of aromatic nitrogens is 1. The van der Waals surface area contributed by atoms with Gasteiger partial charge in [0.1, 0.15) is 11.0 Å². The molecule has 0 unspecified atom stereocenters. The predicted molar refractivity (Wildman–Crippen MR) is 121 cm³/mol. The molecule has 1 aromatic heterocycles. The fourth-order valence-electron chi connectivity index (χ4n) is 3.41. The molecular weight excluding hydrogens is 450 g/mol. The standard InChI is InChI=1S/C22H22BrN3O2S/c1-13-12-16(23)7-10-18(13)24-22(27)21-20(15-5-8-17(28-3)9-6-15)25-26-14(2)4-11-19(26)29-21/h4-12,20-21,25H,1-3H3,(H,24,27)/t20-,21+/m0/s1. The lowest BCUT2D eigenvalue weighted by atomic mass is 10.0. The van der Waals surface area contributed by atoms with E-state index in [2.05, 4.69) is 32.7 Å². The second-order valence-corrected chi connectivity index (χ2v) is 9.09. The highest BCUT2D eigenvalue weighted by Gasteiger charge is 2.36. The topological polar surface area (TPSA) is 55.3 Å². The number of carbonyl (C=O) groups excluding carboxylic acids is 1. The number of hydrogen-bond donors (Lipinski definition) is 2. The van der Waals surface area contributed by atoms with Gasteiger partial charge in [0, 0.05) is 15.9 Å². The van der Waals surface area contributed by atoms with E-state index in [1.807, 2.05) is 67.1 Å². The van der Waals surface area contributed by atoms with Crippen LogP contribution in [0.5, 0.6) is 5.75 Å². The van der Waals surface area contributed by atoms with Crippen molar-refractivity contribution in [3.63, 3.8) is 0 Å². The van der Waals surface area contributed by atoms with Gasteiger partial charge in [0.05, 0.1) is 18.2 Å². The van der Waals surface area contributed by atoms with Crippen molar-refractivity contribution in [2.75, 3.05) is 17.9 Å². The average molecular weight is 472 g/mol. The highest BCUT2D eigenvalue weighted by Crippen LogP contribution is 2.39. The number of carbonyl (C=O) groups is 1. The smallest absolute Gasteiger partial charge is 0.240 e. The van der Waals surface area contributed by atoms with E-state index >= 15 is 0 Å². The summed E-state index contributed by atoms with van der Waals surface area (Å²) in [6.45, 7) is 4.04. The molecule has 1 aliphatic heterocycles. The summed E-state index contributed by atoms with van der Waals surface area (Å²) in [6, 6.07) is 17.6. The van der Waals surface area contributed by atoms with E-state index in [-0.39, 0.29) is 17.2 Å². The minimum absolute atomic E-state index is 0.0288. The van der Waals surface area contributed by atoms with Crippen LogP contribution in [0.15, 0.2) is 64.1 Å². The van der Waals surface area contributed by atoms with E-state index in [4.69, 9.17) is 4.74 Å². The van der Waals surface area contributed by atoms with Crippen molar-refractivity contribution in [2.45, 2.75) is 30.2 Å². The van der Waals surface area contributed by atoms with Crippen molar-refractivity contribution >= 4 is 39.3 Å². The zero-order valence-electron chi connectivity index (χ0n) is 16.4. The molecule has 4 rings (SSSR count). The van der Waals surface area contributed by atoms with Gasteiger partial charge in [-0.2, -0.15) is 0 Å². The Morgan fingerprint density at radius 3 is 2.59 bits per heavy atom. The number of benzene rings is 2. The van der Waals surface area contributed by atoms with Crippen LogP contribution in [-0.2, 0) is 4.79 Å². The van der Waals surface area contributed by atoms with Crippen molar-refractivity contribution < 1.29 is 9.53 Å². The van der Waals surface area contributed by atoms with Crippen LogP contribution in [0.3, 0.4) is 0 Å². The maximum Gasteiger partial charge on any atom is 0.240 e. The van der Waals surface area contributed by atoms with Crippen LogP contribution < -0.4 is 15.5 Å². The van der Waals surface area contributed by atoms with Gasteiger partial charge < -0.3 is 15.5 Å². The van der Waals surface area contributed by atoms with Crippen LogP contribution in [0.25, 0.3) is 0 Å². The molecule has 5 nitrogen and oxygen atoms in total. The number of nitrogens with one attached hydrogen (secondary N) is 2. The third-order valence-electron chi connectivity index (χ3n) is 5.04. The summed E-state index contributed by atoms with van der Waals surface area (Å²) >= 11 is 5.05. The SMILES string of the molecule is COc1ccc([C@@H]2Nn3c(C)ccc3S[C@H]2C(=O)Nc2ccc(Br)cc2C)cc1. The van der Waals surface area contributed by atoms with Crippen LogP contribution in [0.4, 0.5) is 5.69 Å². The molecule has 0 fully saturated rings. The molecule has 3 aromatic rings. The van der Waals surface area contributed by atoms with Gasteiger partial charge in [0.25, 0.3) is 0 Å². The second-order valence-electron chi connectivity index (χ2n) is 7.02. The maximum absolute atomic E-state index is 13.3. The van der Waals surface area contributed by atoms with E-state index in [1.165, 1.54) is 0 Å². The van der Waals surface area contributed by atoms with Gasteiger partial charge in [-0.05, 0) is 67.4 Å². The van der Waals surface area contributed by atoms with Crippen LogP contribution in [0.2, 0.25) is 0 Å². The molecule has 29 heavy (non-hydrogen) atoms. The average Bonchev–Trinajstić information content (AvgIpc) is 3.09. The number of hydrogen-bond acceptors (Lipinski definition) is 4. The summed E-state index contributed by atoms with van der Waals surface area (Å²) in [6.07, 6.45) is 0. The van der Waals surface area contributed by atoms with Crippen LogP contribution in [-0.4, -0.2) is 22.9 Å². The normalized spacial score (nSPS) is 17.9. The molecule has 7 heteroatoms. The van der Waals surface area contributed by atoms with Crippen LogP contribution >= 0.6 is 27.7 Å². The number of anilines is 1. The van der Waals surface area contributed by atoms with Crippen LogP contribution in [0.1, 0.15) is 22.9 Å². The molecule has 0 saturated carbocycles. The zero-order valence-corrected chi connectivity index (χ0v) is 18.8. The fraction of sp³-hybridized carbons (Fsp3) is 0.227. The molecule has 150 valence electrons. The summed E-state index contributed by atoms with van der Waals surface area (Å²) in [5, 5.41) is 3.81. The van der Waals surface area contributed by atoms with E-state index in [0.29, 0.717) is 0 Å². The molecule has 0 bridgehead atoms. The highest BCUT2D eigenvalue weighted by atomic mass is 79.9. The van der Waals surface area contributed by atoms with Gasteiger partial charge in [0.15, 0.2) is 0 Å². The Labute approximate surface area is 182 Å². The van der Waals surface area contributed by atoms with Gasteiger partial charge >= 0.3 is 0 Å². The van der Waals surface area contributed by atoms with Gasteiger partial charge in [-0.1, -0.05) is 39.8 Å². The minimum atomic E-state index is -0.326. The number of halogens is 1. The lowest BCUT2D eigenvalue weighted by Gasteiger charge is -2.34. The first-order chi connectivity index (χ1) is 14.0. The number of thioether (sulfide) groups is 1. The first-order valence-electron chi connectivity index (χ1n) is 9.29. The Balaban J connectivity index is 1.66. The van der Waals surface area contributed by atoms with Crippen molar-refractivity contribution in [3.05, 3.63) is 75.9 Å². The molecule has 2 aromatic carbocycles. The monoisotopic (exact) mass is 471 g/mol. The molecule has 0 spiro atoms. The lowest BCUT2D eigenvalue weighted by Crippen LogP contribution is -2.41. The van der Waals surface area contributed by atoms with Crippen molar-refractivity contribution in [3.8, 4) is 5.75 Å². The fourth-order valence-corrected chi connectivity index (χ4v) is 5.12. The molecule has 2 atom stereocenters. The van der Waals surface area contributed by atoms with Crippen molar-refractivity contribution in [1.29, 1.82) is 0 Å². The molecule has 2 N–H and O–H groups in total. The molecule has 0 aliphatic carbocycles. The summed E-state index contributed by atoms with van der Waals surface area (Å²) in [7, 11) is 1.65. The van der Waals surface area contributed by atoms with E-state index in [9.17, 15) is 4.79 Å². The van der Waals surface area contributed by atoms with Gasteiger partial charge in [-0.25, -0.2) is 0 Å². The largest absolute Gasteiger partial charge is 0.497 e. The minimum Gasteiger partial charge on any atom is -0.497 e. The molecule has 0 radical (unpaired) electrons. The van der Waals surface area contributed by atoms with Gasteiger partial charge in [0.2, 0.25) is 5.91 Å². The van der Waals surface area contributed by atoms with Gasteiger partial charge in [-0.3, -0.25) is 9.47 Å². The zero-order chi connectivity index (χ0) is 20.5. The summed E-state index contributed by atoms with van der Waals surface area (Å²) in [5.74, 6) is 0.764. The number of rotatable bonds is 4. The maximum atomic E-state index is 13.3. The number of nitrogens with zero attached hydrogens (tertiary/aromatic N) is 1. The molecule has 1 aliphatic rings. The number of amides is 1. The summed E-state index contributed by atoms with van der Waals surface area (Å²) < 4.78 is 8.32. The number of ether oxygens (including phenoxy) is 1. The quantitative estimate of drug-likeness (QED) is 0.543. The number of aryl methyl sites for hydroxylation is 2. The summed E-state index contributed by atoms with van der Waals surface area (Å²) in [5.41, 5.74) is 7.50. The summed E-state index contributed by atoms with van der Waals surface area (Å²) in [4.78, 5) is 13.3. The van der Waals surface area contributed by atoms with Crippen molar-refractivity contribution in [1.82, 2.24) is 4.68 Å². The number of methoxy groups -OCH3 is 1. The Bertz CT molecular complexity index is 1050. The Hall–Kier alpha value is -2.38. The van der Waals surface area contributed by atoms with Crippen molar-refractivity contribution in [2.24, 2.45) is 0 Å². The Morgan fingerprint density at radius 1 is 1.14 bits per heavy atom. The third kappa shape index (κ3) is 4.02. The molecule has 0 saturated heterocycles. The van der Waals surface area contributed by atoms with Gasteiger partial charge in [-0.15, -0.1) is 0 Å². The lowest BCUT2D eigenvalue weighted by molar-refractivity contribution is -0.116. The van der Waals surface area contributed by atoms with Crippen LogP contribution in [0, 0.1) is 13.8 Å². The second kappa shape index (κ2) is 8.16. The highest BCUT2D eigenvalue weighted by molar-refractivity contribution is 9.10. The number of fused-ring (bicyclic) bond motifs is 1. The van der Waals surface area contributed by atoms with E-state index < -0.39 is 0 Å².